The van der Waals surface area contributed by atoms with Gasteiger partial charge in [0.1, 0.15) is 12.2 Å². The summed E-state index contributed by atoms with van der Waals surface area (Å²) in [5.41, 5.74) is 1.39. The van der Waals surface area contributed by atoms with E-state index in [1.165, 1.54) is 5.56 Å². The Bertz CT molecular complexity index is 504. The molecule has 0 spiro atoms. The van der Waals surface area contributed by atoms with Gasteiger partial charge in [-0.2, -0.15) is 5.10 Å². The van der Waals surface area contributed by atoms with Gasteiger partial charge in [-0.05, 0) is 39.2 Å². The molecule has 2 rings (SSSR count). The molecule has 1 aromatic carbocycles. The Labute approximate surface area is 121 Å². The largest absolute Gasteiger partial charge is 0.307 e. The van der Waals surface area contributed by atoms with Gasteiger partial charge in [0, 0.05) is 12.1 Å². The fourth-order valence-corrected chi connectivity index (χ4v) is 2.23. The topological polar surface area (TPSA) is 42.7 Å². The van der Waals surface area contributed by atoms with Crippen LogP contribution in [-0.2, 0) is 13.0 Å². The lowest BCUT2D eigenvalue weighted by Crippen LogP contribution is -2.28. The third kappa shape index (κ3) is 4.17. The van der Waals surface area contributed by atoms with E-state index in [-0.39, 0.29) is 0 Å². The highest BCUT2D eigenvalue weighted by Crippen LogP contribution is 2.07. The fourth-order valence-electron chi connectivity index (χ4n) is 2.23. The molecule has 1 unspecified atom stereocenters. The number of aryl methyl sites for hydroxylation is 1. The van der Waals surface area contributed by atoms with Gasteiger partial charge in [0.2, 0.25) is 0 Å². The molecule has 20 heavy (non-hydrogen) atoms. The molecule has 0 aliphatic carbocycles. The smallest absolute Gasteiger partial charge is 0.141 e. The van der Waals surface area contributed by atoms with Crippen molar-refractivity contribution in [1.29, 1.82) is 0 Å². The Kier molecular flexibility index (Phi) is 5.30. The van der Waals surface area contributed by atoms with Gasteiger partial charge in [0.15, 0.2) is 0 Å². The van der Waals surface area contributed by atoms with E-state index >= 15 is 0 Å². The molecule has 1 N–H and O–H groups in total. The first-order valence-corrected chi connectivity index (χ1v) is 7.32. The van der Waals surface area contributed by atoms with Crippen LogP contribution in [0.1, 0.15) is 44.6 Å². The number of hydrogen-bond acceptors (Lipinski definition) is 3. The number of nitrogens with zero attached hydrogens (tertiary/aromatic N) is 3. The molecule has 0 saturated carbocycles. The normalized spacial score (nSPS) is 12.8. The first kappa shape index (κ1) is 14.7. The third-order valence-corrected chi connectivity index (χ3v) is 3.45. The van der Waals surface area contributed by atoms with Crippen LogP contribution in [0.3, 0.4) is 0 Å². The molecule has 0 amide bonds. The Morgan fingerprint density at radius 3 is 2.60 bits per heavy atom. The second kappa shape index (κ2) is 7.20. The van der Waals surface area contributed by atoms with Crippen LogP contribution in [0.5, 0.6) is 0 Å². The predicted molar refractivity (Wildman–Crippen MR) is 81.5 cm³/mol. The van der Waals surface area contributed by atoms with E-state index in [4.69, 9.17) is 0 Å². The Morgan fingerprint density at radius 1 is 1.15 bits per heavy atom. The van der Waals surface area contributed by atoms with Crippen molar-refractivity contribution in [1.82, 2.24) is 20.1 Å². The van der Waals surface area contributed by atoms with Crippen LogP contribution in [-0.4, -0.2) is 20.8 Å². The van der Waals surface area contributed by atoms with Crippen LogP contribution in [0, 0.1) is 0 Å². The maximum atomic E-state index is 4.32. The number of nitrogens with one attached hydrogen (secondary N) is 1. The zero-order valence-electron chi connectivity index (χ0n) is 12.6. The van der Waals surface area contributed by atoms with Gasteiger partial charge >= 0.3 is 0 Å². The van der Waals surface area contributed by atoms with Crippen molar-refractivity contribution >= 4 is 0 Å². The summed E-state index contributed by atoms with van der Waals surface area (Å²) in [6.07, 6.45) is 3.86. The zero-order valence-corrected chi connectivity index (χ0v) is 12.6. The summed E-state index contributed by atoms with van der Waals surface area (Å²) in [5.74, 6) is 1.01. The van der Waals surface area contributed by atoms with E-state index in [2.05, 4.69) is 66.5 Å². The minimum absolute atomic E-state index is 0.355. The Morgan fingerprint density at radius 2 is 1.90 bits per heavy atom. The highest BCUT2D eigenvalue weighted by atomic mass is 15.4. The van der Waals surface area contributed by atoms with E-state index in [9.17, 15) is 0 Å². The maximum Gasteiger partial charge on any atom is 0.141 e. The molecule has 0 bridgehead atoms. The summed E-state index contributed by atoms with van der Waals surface area (Å²) in [4.78, 5) is 4.32. The summed E-state index contributed by atoms with van der Waals surface area (Å²) >= 11 is 0. The average molecular weight is 272 g/mol. The highest BCUT2D eigenvalue weighted by molar-refractivity contribution is 5.14. The van der Waals surface area contributed by atoms with E-state index in [1.54, 1.807) is 6.33 Å². The second-order valence-electron chi connectivity index (χ2n) is 5.52. The molecule has 1 heterocycles. The van der Waals surface area contributed by atoms with Crippen LogP contribution in [0.4, 0.5) is 0 Å². The minimum Gasteiger partial charge on any atom is -0.307 e. The van der Waals surface area contributed by atoms with E-state index in [1.807, 2.05) is 4.68 Å². The lowest BCUT2D eigenvalue weighted by Gasteiger charge is -2.15. The quantitative estimate of drug-likeness (QED) is 0.842. The van der Waals surface area contributed by atoms with Crippen molar-refractivity contribution < 1.29 is 0 Å². The maximum absolute atomic E-state index is 4.32. The monoisotopic (exact) mass is 272 g/mol. The Hall–Kier alpha value is -1.68. The van der Waals surface area contributed by atoms with E-state index in [0.29, 0.717) is 12.1 Å². The molecule has 0 fully saturated rings. The summed E-state index contributed by atoms with van der Waals surface area (Å²) in [5, 5.41) is 7.78. The first-order chi connectivity index (χ1) is 9.66. The van der Waals surface area contributed by atoms with Crippen molar-refractivity contribution in [2.45, 2.75) is 52.2 Å². The highest BCUT2D eigenvalue weighted by Gasteiger charge is 2.09. The molecule has 1 aromatic heterocycles. The summed E-state index contributed by atoms with van der Waals surface area (Å²) in [6, 6.07) is 11.4. The summed E-state index contributed by atoms with van der Waals surface area (Å²) in [7, 11) is 0. The van der Waals surface area contributed by atoms with Crippen molar-refractivity contribution in [3.8, 4) is 0 Å². The zero-order chi connectivity index (χ0) is 14.4. The van der Waals surface area contributed by atoms with Crippen molar-refractivity contribution in [3.63, 3.8) is 0 Å². The molecule has 0 aliphatic heterocycles. The van der Waals surface area contributed by atoms with Gasteiger partial charge in [-0.1, -0.05) is 30.3 Å². The number of hydrogen-bond donors (Lipinski definition) is 1. The van der Waals surface area contributed by atoms with Crippen LogP contribution in [0.25, 0.3) is 0 Å². The van der Waals surface area contributed by atoms with Gasteiger partial charge in [0.05, 0.1) is 6.54 Å². The number of benzene rings is 1. The molecule has 4 heteroatoms. The van der Waals surface area contributed by atoms with Gasteiger partial charge in [-0.3, -0.25) is 0 Å². The molecular formula is C16H24N4. The van der Waals surface area contributed by atoms with Gasteiger partial charge in [0.25, 0.3) is 0 Å². The van der Waals surface area contributed by atoms with Gasteiger partial charge < -0.3 is 5.32 Å². The Balaban J connectivity index is 1.77. The molecule has 2 aromatic rings. The second-order valence-corrected chi connectivity index (χ2v) is 5.52. The molecule has 0 saturated heterocycles. The third-order valence-electron chi connectivity index (χ3n) is 3.45. The molecule has 108 valence electrons. The van der Waals surface area contributed by atoms with Crippen LogP contribution < -0.4 is 5.32 Å². The summed E-state index contributed by atoms with van der Waals surface area (Å²) in [6.45, 7) is 7.24. The summed E-state index contributed by atoms with van der Waals surface area (Å²) < 4.78 is 1.97. The predicted octanol–water partition coefficient (Wildman–Crippen LogP) is 2.97. The van der Waals surface area contributed by atoms with Gasteiger partial charge in [-0.25, -0.2) is 9.67 Å². The molecular weight excluding hydrogens is 248 g/mol. The lowest BCUT2D eigenvalue weighted by molar-refractivity contribution is 0.458. The van der Waals surface area contributed by atoms with Crippen LogP contribution >= 0.6 is 0 Å². The van der Waals surface area contributed by atoms with Crippen molar-refractivity contribution in [2.75, 3.05) is 0 Å². The lowest BCUT2D eigenvalue weighted by atomic mass is 10.1. The molecule has 0 aliphatic rings. The van der Waals surface area contributed by atoms with Crippen molar-refractivity contribution in [3.05, 3.63) is 48.0 Å². The number of aromatic nitrogens is 3. The van der Waals surface area contributed by atoms with E-state index in [0.717, 1.165) is 25.2 Å². The van der Waals surface area contributed by atoms with Crippen molar-refractivity contribution in [2.24, 2.45) is 0 Å². The van der Waals surface area contributed by atoms with Crippen LogP contribution in [0.2, 0.25) is 0 Å². The fraction of sp³-hybridized carbons (Fsp3) is 0.500. The standard InChI is InChI=1S/C16H24N4/c1-13(2)20-16(18-12-19-20)11-17-14(3)9-10-15-7-5-4-6-8-15/h4-8,12-14,17H,9-11H2,1-3H3. The molecule has 0 radical (unpaired) electrons. The number of rotatable bonds is 7. The SMILES string of the molecule is CC(CCc1ccccc1)NCc1ncnn1C(C)C. The van der Waals surface area contributed by atoms with Gasteiger partial charge in [-0.15, -0.1) is 0 Å². The van der Waals surface area contributed by atoms with E-state index < -0.39 is 0 Å². The minimum atomic E-state index is 0.355. The first-order valence-electron chi connectivity index (χ1n) is 7.32. The molecule has 4 nitrogen and oxygen atoms in total. The molecule has 1 atom stereocenters. The average Bonchev–Trinajstić information content (AvgIpc) is 2.92. The van der Waals surface area contributed by atoms with Crippen LogP contribution in [0.15, 0.2) is 36.7 Å².